The normalized spacial score (nSPS) is 12.4. The summed E-state index contributed by atoms with van der Waals surface area (Å²) in [4.78, 5) is 0. The molecule has 0 amide bonds. The van der Waals surface area contributed by atoms with Crippen LogP contribution in [-0.4, -0.2) is 25.4 Å². The molecule has 1 unspecified atom stereocenters. The average Bonchev–Trinajstić information content (AvgIpc) is 2.30. The van der Waals surface area contributed by atoms with Crippen LogP contribution in [0, 0.1) is 0 Å². The first-order valence-corrected chi connectivity index (χ1v) is 5.68. The van der Waals surface area contributed by atoms with Crippen molar-refractivity contribution in [3.8, 4) is 5.75 Å². The maximum Gasteiger partial charge on any atom is 0.125 e. The van der Waals surface area contributed by atoms with Crippen molar-refractivity contribution in [3.05, 3.63) is 29.8 Å². The zero-order valence-corrected chi connectivity index (χ0v) is 9.98. The fourth-order valence-electron chi connectivity index (χ4n) is 1.55. The SMILES string of the molecule is CCCC(O)c1ccccc1OCCOC. The summed E-state index contributed by atoms with van der Waals surface area (Å²) in [6, 6.07) is 7.61. The van der Waals surface area contributed by atoms with Gasteiger partial charge >= 0.3 is 0 Å². The first-order valence-electron chi connectivity index (χ1n) is 5.68. The predicted molar refractivity (Wildman–Crippen MR) is 63.7 cm³/mol. The molecule has 1 aromatic rings. The van der Waals surface area contributed by atoms with E-state index in [4.69, 9.17) is 9.47 Å². The highest BCUT2D eigenvalue weighted by Gasteiger charge is 2.11. The summed E-state index contributed by atoms with van der Waals surface area (Å²) in [5.74, 6) is 0.750. The summed E-state index contributed by atoms with van der Waals surface area (Å²) in [6.07, 6.45) is 1.27. The van der Waals surface area contributed by atoms with Gasteiger partial charge in [-0.05, 0) is 12.5 Å². The van der Waals surface area contributed by atoms with Crippen molar-refractivity contribution in [1.82, 2.24) is 0 Å². The molecule has 0 spiro atoms. The van der Waals surface area contributed by atoms with E-state index in [9.17, 15) is 5.11 Å². The van der Waals surface area contributed by atoms with Gasteiger partial charge in [0.1, 0.15) is 12.4 Å². The van der Waals surface area contributed by atoms with Crippen LogP contribution >= 0.6 is 0 Å². The summed E-state index contributed by atoms with van der Waals surface area (Å²) < 4.78 is 10.5. The Labute approximate surface area is 97.0 Å². The Hall–Kier alpha value is -1.06. The number of hydrogen-bond acceptors (Lipinski definition) is 3. The van der Waals surface area contributed by atoms with Gasteiger partial charge in [0, 0.05) is 12.7 Å². The van der Waals surface area contributed by atoms with Crippen LogP contribution < -0.4 is 4.74 Å². The number of ether oxygens (including phenoxy) is 2. The zero-order chi connectivity index (χ0) is 11.8. The molecule has 0 saturated carbocycles. The van der Waals surface area contributed by atoms with Crippen LogP contribution in [0.1, 0.15) is 31.4 Å². The molecule has 1 aromatic carbocycles. The molecule has 0 aromatic heterocycles. The Morgan fingerprint density at radius 3 is 2.69 bits per heavy atom. The number of aliphatic hydroxyl groups is 1. The Morgan fingerprint density at radius 2 is 2.00 bits per heavy atom. The Balaban J connectivity index is 2.67. The molecule has 0 bridgehead atoms. The smallest absolute Gasteiger partial charge is 0.125 e. The number of para-hydroxylation sites is 1. The van der Waals surface area contributed by atoms with Gasteiger partial charge in [0.25, 0.3) is 0 Å². The van der Waals surface area contributed by atoms with E-state index in [1.165, 1.54) is 0 Å². The summed E-state index contributed by atoms with van der Waals surface area (Å²) in [6.45, 7) is 3.11. The van der Waals surface area contributed by atoms with Gasteiger partial charge in [0.2, 0.25) is 0 Å². The number of methoxy groups -OCH3 is 1. The van der Waals surface area contributed by atoms with Crippen molar-refractivity contribution in [1.29, 1.82) is 0 Å². The first kappa shape index (κ1) is 13.0. The topological polar surface area (TPSA) is 38.7 Å². The fourth-order valence-corrected chi connectivity index (χ4v) is 1.55. The molecule has 90 valence electrons. The minimum atomic E-state index is -0.441. The molecule has 3 nitrogen and oxygen atoms in total. The van der Waals surface area contributed by atoms with E-state index in [0.717, 1.165) is 24.2 Å². The predicted octanol–water partition coefficient (Wildman–Crippen LogP) is 2.55. The number of benzene rings is 1. The molecule has 1 rings (SSSR count). The van der Waals surface area contributed by atoms with Gasteiger partial charge < -0.3 is 14.6 Å². The van der Waals surface area contributed by atoms with E-state index in [1.807, 2.05) is 24.3 Å². The van der Waals surface area contributed by atoms with Crippen LogP contribution in [0.15, 0.2) is 24.3 Å². The summed E-state index contributed by atoms with van der Waals surface area (Å²) in [5.41, 5.74) is 0.862. The minimum absolute atomic E-state index is 0.441. The third-order valence-electron chi connectivity index (χ3n) is 2.39. The Morgan fingerprint density at radius 1 is 1.25 bits per heavy atom. The third kappa shape index (κ3) is 3.83. The van der Waals surface area contributed by atoms with Crippen LogP contribution in [0.3, 0.4) is 0 Å². The molecule has 0 aliphatic rings. The fraction of sp³-hybridized carbons (Fsp3) is 0.538. The molecular formula is C13H20O3. The lowest BCUT2D eigenvalue weighted by Gasteiger charge is -2.15. The second-order valence-corrected chi connectivity index (χ2v) is 3.68. The lowest BCUT2D eigenvalue weighted by molar-refractivity contribution is 0.136. The number of rotatable bonds is 7. The highest BCUT2D eigenvalue weighted by atomic mass is 16.5. The summed E-state index contributed by atoms with van der Waals surface area (Å²) >= 11 is 0. The standard InChI is InChI=1S/C13H20O3/c1-3-6-12(14)11-7-4-5-8-13(11)16-10-9-15-2/h4-5,7-8,12,14H,3,6,9-10H2,1-2H3. The molecule has 0 aliphatic heterocycles. The first-order chi connectivity index (χ1) is 7.79. The van der Waals surface area contributed by atoms with Crippen LogP contribution in [0.25, 0.3) is 0 Å². The average molecular weight is 224 g/mol. The van der Waals surface area contributed by atoms with Gasteiger partial charge in [0.05, 0.1) is 12.7 Å². The zero-order valence-electron chi connectivity index (χ0n) is 9.98. The molecule has 0 heterocycles. The number of hydrogen-bond donors (Lipinski definition) is 1. The quantitative estimate of drug-likeness (QED) is 0.723. The lowest BCUT2D eigenvalue weighted by atomic mass is 10.0. The van der Waals surface area contributed by atoms with E-state index >= 15 is 0 Å². The maximum atomic E-state index is 9.95. The van der Waals surface area contributed by atoms with Gasteiger partial charge in [-0.2, -0.15) is 0 Å². The van der Waals surface area contributed by atoms with Crippen molar-refractivity contribution in [3.63, 3.8) is 0 Å². The second-order valence-electron chi connectivity index (χ2n) is 3.68. The van der Waals surface area contributed by atoms with Gasteiger partial charge in [-0.15, -0.1) is 0 Å². The largest absolute Gasteiger partial charge is 0.491 e. The van der Waals surface area contributed by atoms with E-state index in [2.05, 4.69) is 6.92 Å². The second kappa shape index (κ2) is 7.25. The van der Waals surface area contributed by atoms with Crippen molar-refractivity contribution in [2.45, 2.75) is 25.9 Å². The van der Waals surface area contributed by atoms with Crippen LogP contribution in [0.2, 0.25) is 0 Å². The highest BCUT2D eigenvalue weighted by molar-refractivity contribution is 5.35. The van der Waals surface area contributed by atoms with Crippen LogP contribution in [-0.2, 0) is 4.74 Å². The van der Waals surface area contributed by atoms with Gasteiger partial charge in [-0.1, -0.05) is 31.5 Å². The molecule has 0 fully saturated rings. The van der Waals surface area contributed by atoms with Crippen molar-refractivity contribution in [2.75, 3.05) is 20.3 Å². The van der Waals surface area contributed by atoms with Gasteiger partial charge in [-0.3, -0.25) is 0 Å². The van der Waals surface area contributed by atoms with E-state index in [-0.39, 0.29) is 0 Å². The number of aliphatic hydroxyl groups excluding tert-OH is 1. The van der Waals surface area contributed by atoms with E-state index < -0.39 is 6.10 Å². The lowest BCUT2D eigenvalue weighted by Crippen LogP contribution is -2.07. The third-order valence-corrected chi connectivity index (χ3v) is 2.39. The van der Waals surface area contributed by atoms with Gasteiger partial charge in [0.15, 0.2) is 0 Å². The van der Waals surface area contributed by atoms with E-state index in [0.29, 0.717) is 13.2 Å². The van der Waals surface area contributed by atoms with Crippen molar-refractivity contribution >= 4 is 0 Å². The molecular weight excluding hydrogens is 204 g/mol. The van der Waals surface area contributed by atoms with Crippen molar-refractivity contribution < 1.29 is 14.6 Å². The Kier molecular flexibility index (Phi) is 5.90. The Bertz CT molecular complexity index is 299. The molecule has 0 radical (unpaired) electrons. The summed E-state index contributed by atoms with van der Waals surface area (Å²) in [5, 5.41) is 9.95. The maximum absolute atomic E-state index is 9.95. The van der Waals surface area contributed by atoms with Crippen LogP contribution in [0.5, 0.6) is 5.75 Å². The van der Waals surface area contributed by atoms with Gasteiger partial charge in [-0.25, -0.2) is 0 Å². The van der Waals surface area contributed by atoms with E-state index in [1.54, 1.807) is 7.11 Å². The molecule has 16 heavy (non-hydrogen) atoms. The molecule has 1 atom stereocenters. The summed E-state index contributed by atoms with van der Waals surface area (Å²) in [7, 11) is 1.64. The molecule has 3 heteroatoms. The molecule has 0 saturated heterocycles. The molecule has 1 N–H and O–H groups in total. The monoisotopic (exact) mass is 224 g/mol. The molecule has 0 aliphatic carbocycles. The minimum Gasteiger partial charge on any atom is -0.491 e. The van der Waals surface area contributed by atoms with Crippen LogP contribution in [0.4, 0.5) is 0 Å². The highest BCUT2D eigenvalue weighted by Crippen LogP contribution is 2.27. The van der Waals surface area contributed by atoms with Crippen molar-refractivity contribution in [2.24, 2.45) is 0 Å².